The first kappa shape index (κ1) is 20.0. The summed E-state index contributed by atoms with van der Waals surface area (Å²) in [5.74, 6) is 0.156. The van der Waals surface area contributed by atoms with Crippen molar-refractivity contribution in [3.8, 4) is 5.75 Å². The van der Waals surface area contributed by atoms with E-state index in [9.17, 15) is 9.59 Å². The lowest BCUT2D eigenvalue weighted by Gasteiger charge is -2.21. The molecule has 3 rings (SSSR count). The van der Waals surface area contributed by atoms with E-state index in [2.05, 4.69) is 20.9 Å². The summed E-state index contributed by atoms with van der Waals surface area (Å²) in [7, 11) is 0. The molecular formula is C19H18Cl2N4O3. The third-order valence-electron chi connectivity index (χ3n) is 3.78. The van der Waals surface area contributed by atoms with Crippen molar-refractivity contribution >= 4 is 52.4 Å². The Kier molecular flexibility index (Phi) is 6.38. The molecule has 0 aliphatic carbocycles. The van der Waals surface area contributed by atoms with Crippen LogP contribution in [0.1, 0.15) is 13.3 Å². The van der Waals surface area contributed by atoms with Gasteiger partial charge in [0.15, 0.2) is 0 Å². The van der Waals surface area contributed by atoms with Gasteiger partial charge >= 0.3 is 0 Å². The van der Waals surface area contributed by atoms with Crippen LogP contribution in [0.5, 0.6) is 5.75 Å². The van der Waals surface area contributed by atoms with E-state index in [4.69, 9.17) is 27.9 Å². The molecule has 1 unspecified atom stereocenters. The molecule has 1 aliphatic heterocycles. The van der Waals surface area contributed by atoms with Crippen LogP contribution in [-0.4, -0.2) is 30.4 Å². The smallest absolute Gasteiger partial charge is 0.249 e. The van der Waals surface area contributed by atoms with E-state index in [1.165, 1.54) is 0 Å². The van der Waals surface area contributed by atoms with Crippen molar-refractivity contribution in [3.63, 3.8) is 0 Å². The number of nitrogens with zero attached hydrogens (tertiary/aromatic N) is 1. The zero-order valence-corrected chi connectivity index (χ0v) is 16.5. The summed E-state index contributed by atoms with van der Waals surface area (Å²) in [6.07, 6.45) is -0.0512. The Morgan fingerprint density at radius 3 is 2.50 bits per heavy atom. The van der Waals surface area contributed by atoms with Crippen molar-refractivity contribution in [2.75, 3.05) is 17.2 Å². The SMILES string of the molecule is CCOc1ccc(NC(=O)C2CC(=O)NC(Nc3cc(Cl)cc(Cl)c3)=N2)cc1. The number of rotatable bonds is 5. The van der Waals surface area contributed by atoms with Gasteiger partial charge in [-0.25, -0.2) is 4.99 Å². The molecule has 7 nitrogen and oxygen atoms in total. The summed E-state index contributed by atoms with van der Waals surface area (Å²) < 4.78 is 5.37. The maximum absolute atomic E-state index is 12.5. The van der Waals surface area contributed by atoms with Crippen LogP contribution in [0.2, 0.25) is 10.0 Å². The van der Waals surface area contributed by atoms with Crippen LogP contribution < -0.4 is 20.7 Å². The van der Waals surface area contributed by atoms with Gasteiger partial charge in [-0.3, -0.25) is 14.9 Å². The van der Waals surface area contributed by atoms with E-state index in [0.29, 0.717) is 33.8 Å². The maximum atomic E-state index is 12.5. The number of aliphatic imine (C=N–C) groups is 1. The lowest BCUT2D eigenvalue weighted by Crippen LogP contribution is -2.45. The molecule has 0 radical (unpaired) electrons. The second-order valence-corrected chi connectivity index (χ2v) is 6.85. The molecule has 0 fully saturated rings. The van der Waals surface area contributed by atoms with E-state index in [1.807, 2.05) is 6.92 Å². The minimum Gasteiger partial charge on any atom is -0.494 e. The van der Waals surface area contributed by atoms with Gasteiger partial charge in [0, 0.05) is 21.4 Å². The first-order valence-corrected chi connectivity index (χ1v) is 9.33. The van der Waals surface area contributed by atoms with Gasteiger partial charge in [-0.05, 0) is 49.4 Å². The van der Waals surface area contributed by atoms with Gasteiger partial charge in [0.05, 0.1) is 13.0 Å². The zero-order valence-electron chi connectivity index (χ0n) is 15.0. The minimum absolute atomic E-state index is 0.0512. The normalized spacial score (nSPS) is 16.0. The summed E-state index contributed by atoms with van der Waals surface area (Å²) in [5.41, 5.74) is 1.13. The van der Waals surface area contributed by atoms with Crippen LogP contribution in [0.15, 0.2) is 47.5 Å². The number of ether oxygens (including phenoxy) is 1. The molecule has 1 aliphatic rings. The Balaban J connectivity index is 1.70. The lowest BCUT2D eigenvalue weighted by atomic mass is 10.1. The topological polar surface area (TPSA) is 91.8 Å². The molecule has 28 heavy (non-hydrogen) atoms. The van der Waals surface area contributed by atoms with Crippen LogP contribution >= 0.6 is 23.2 Å². The number of hydrogen-bond donors (Lipinski definition) is 3. The standard InChI is InChI=1S/C19H18Cl2N4O3/c1-2-28-15-5-3-13(4-6-15)22-18(27)16-10-17(26)25-19(24-16)23-14-8-11(20)7-12(21)9-14/h3-9,16H,2,10H2,1H3,(H,22,27)(H2,23,24,25,26). The molecule has 0 spiro atoms. The average molecular weight is 421 g/mol. The monoisotopic (exact) mass is 420 g/mol. The molecule has 0 saturated carbocycles. The Morgan fingerprint density at radius 1 is 1.18 bits per heavy atom. The highest BCUT2D eigenvalue weighted by molar-refractivity contribution is 6.35. The van der Waals surface area contributed by atoms with Crippen LogP contribution in [0.25, 0.3) is 0 Å². The Morgan fingerprint density at radius 2 is 1.86 bits per heavy atom. The third-order valence-corrected chi connectivity index (χ3v) is 4.22. The van der Waals surface area contributed by atoms with Crippen molar-refractivity contribution in [2.24, 2.45) is 4.99 Å². The summed E-state index contributed by atoms with van der Waals surface area (Å²) in [5, 5.41) is 9.13. The van der Waals surface area contributed by atoms with E-state index < -0.39 is 6.04 Å². The number of carbonyl (C=O) groups is 2. The second-order valence-electron chi connectivity index (χ2n) is 5.98. The van der Waals surface area contributed by atoms with Crippen molar-refractivity contribution in [2.45, 2.75) is 19.4 Å². The fourth-order valence-corrected chi connectivity index (χ4v) is 3.12. The highest BCUT2D eigenvalue weighted by atomic mass is 35.5. The van der Waals surface area contributed by atoms with Gasteiger partial charge in [-0.15, -0.1) is 0 Å². The van der Waals surface area contributed by atoms with Crippen LogP contribution in [0.4, 0.5) is 11.4 Å². The molecule has 3 N–H and O–H groups in total. The summed E-state index contributed by atoms with van der Waals surface area (Å²) in [6.45, 7) is 2.45. The Bertz CT molecular complexity index is 896. The van der Waals surface area contributed by atoms with E-state index in [0.717, 1.165) is 0 Å². The molecule has 0 aromatic heterocycles. The third kappa shape index (κ3) is 5.37. The highest BCUT2D eigenvalue weighted by Crippen LogP contribution is 2.23. The number of carbonyl (C=O) groups excluding carboxylic acids is 2. The van der Waals surface area contributed by atoms with Crippen LogP contribution in [0.3, 0.4) is 0 Å². The van der Waals surface area contributed by atoms with Gasteiger partial charge in [-0.1, -0.05) is 23.2 Å². The van der Waals surface area contributed by atoms with E-state index in [1.54, 1.807) is 42.5 Å². The largest absolute Gasteiger partial charge is 0.494 e. The summed E-state index contributed by atoms with van der Waals surface area (Å²) >= 11 is 11.9. The molecule has 2 amide bonds. The Labute approximate surface area is 172 Å². The fraction of sp³-hybridized carbons (Fsp3) is 0.211. The van der Waals surface area contributed by atoms with Gasteiger partial charge in [-0.2, -0.15) is 0 Å². The molecular weight excluding hydrogens is 403 g/mol. The molecule has 2 aromatic rings. The summed E-state index contributed by atoms with van der Waals surface area (Å²) in [6, 6.07) is 10.9. The number of nitrogens with one attached hydrogen (secondary N) is 3. The van der Waals surface area contributed by atoms with Gasteiger partial charge in [0.2, 0.25) is 17.8 Å². The van der Waals surface area contributed by atoms with Gasteiger partial charge < -0.3 is 15.4 Å². The van der Waals surface area contributed by atoms with Crippen molar-refractivity contribution in [1.82, 2.24) is 5.32 Å². The molecule has 9 heteroatoms. The molecule has 146 valence electrons. The first-order valence-electron chi connectivity index (χ1n) is 8.57. The van der Waals surface area contributed by atoms with E-state index in [-0.39, 0.29) is 24.2 Å². The molecule has 1 heterocycles. The average Bonchev–Trinajstić information content (AvgIpc) is 2.62. The number of benzene rings is 2. The second kappa shape index (κ2) is 8.95. The molecule has 2 aromatic carbocycles. The number of halogens is 2. The molecule has 0 saturated heterocycles. The van der Waals surface area contributed by atoms with Crippen molar-refractivity contribution in [3.05, 3.63) is 52.5 Å². The Hall–Kier alpha value is -2.77. The quantitative estimate of drug-likeness (QED) is 0.687. The van der Waals surface area contributed by atoms with Gasteiger partial charge in [0.1, 0.15) is 11.8 Å². The van der Waals surface area contributed by atoms with E-state index >= 15 is 0 Å². The highest BCUT2D eigenvalue weighted by Gasteiger charge is 2.27. The minimum atomic E-state index is -0.863. The number of anilines is 2. The number of amides is 2. The molecule has 1 atom stereocenters. The number of guanidine groups is 1. The molecule has 0 bridgehead atoms. The maximum Gasteiger partial charge on any atom is 0.249 e. The predicted molar refractivity (Wildman–Crippen MR) is 110 cm³/mol. The summed E-state index contributed by atoms with van der Waals surface area (Å²) in [4.78, 5) is 28.8. The van der Waals surface area contributed by atoms with Crippen LogP contribution in [0, 0.1) is 0 Å². The zero-order chi connectivity index (χ0) is 20.1. The fourth-order valence-electron chi connectivity index (χ4n) is 2.60. The predicted octanol–water partition coefficient (Wildman–Crippen LogP) is 3.69. The van der Waals surface area contributed by atoms with Crippen LogP contribution in [-0.2, 0) is 9.59 Å². The van der Waals surface area contributed by atoms with Crippen molar-refractivity contribution in [1.29, 1.82) is 0 Å². The lowest BCUT2D eigenvalue weighted by molar-refractivity contribution is -0.124. The first-order chi connectivity index (χ1) is 13.4. The number of hydrogen-bond acceptors (Lipinski definition) is 5. The van der Waals surface area contributed by atoms with Gasteiger partial charge in [0.25, 0.3) is 0 Å². The van der Waals surface area contributed by atoms with Crippen molar-refractivity contribution < 1.29 is 14.3 Å².